The molecule has 0 bridgehead atoms. The van der Waals surface area contributed by atoms with Crippen LogP contribution in [0.1, 0.15) is 18.4 Å². The fourth-order valence-electron chi connectivity index (χ4n) is 3.69. The van der Waals surface area contributed by atoms with Crippen LogP contribution < -0.4 is 14.8 Å². The first-order valence-corrected chi connectivity index (χ1v) is 9.55. The van der Waals surface area contributed by atoms with Crippen LogP contribution >= 0.6 is 0 Å². The van der Waals surface area contributed by atoms with Crippen molar-refractivity contribution >= 4 is 5.91 Å². The Morgan fingerprint density at radius 1 is 1.22 bits per heavy atom. The molecule has 3 heterocycles. The normalized spacial score (nSPS) is 22.2. The summed E-state index contributed by atoms with van der Waals surface area (Å²) in [6.07, 6.45) is 5.49. The molecule has 142 valence electrons. The average molecular weight is 367 g/mol. The highest BCUT2D eigenvalue weighted by atomic mass is 16.6. The van der Waals surface area contributed by atoms with Gasteiger partial charge in [-0.1, -0.05) is 18.2 Å². The zero-order valence-electron chi connectivity index (χ0n) is 15.3. The van der Waals surface area contributed by atoms with Crippen LogP contribution in [0.4, 0.5) is 0 Å². The Balaban J connectivity index is 1.26. The van der Waals surface area contributed by atoms with Crippen molar-refractivity contribution in [3.05, 3.63) is 54.4 Å². The summed E-state index contributed by atoms with van der Waals surface area (Å²) in [5, 5.41) is 3.05. The molecule has 0 unspecified atom stereocenters. The lowest BCUT2D eigenvalue weighted by molar-refractivity contribution is -0.127. The lowest BCUT2D eigenvalue weighted by Crippen LogP contribution is -2.46. The molecule has 6 heteroatoms. The van der Waals surface area contributed by atoms with Crippen LogP contribution in [-0.4, -0.2) is 48.1 Å². The second-order valence-corrected chi connectivity index (χ2v) is 7.18. The summed E-state index contributed by atoms with van der Waals surface area (Å²) in [7, 11) is 0. The third-order valence-corrected chi connectivity index (χ3v) is 5.08. The molecule has 0 radical (unpaired) electrons. The van der Waals surface area contributed by atoms with Gasteiger partial charge in [0.25, 0.3) is 0 Å². The Labute approximate surface area is 159 Å². The predicted molar refractivity (Wildman–Crippen MR) is 102 cm³/mol. The summed E-state index contributed by atoms with van der Waals surface area (Å²) in [5.74, 6) is 1.63. The molecule has 6 nitrogen and oxygen atoms in total. The molecule has 1 N–H and O–H groups in total. The van der Waals surface area contributed by atoms with Gasteiger partial charge in [-0.05, 0) is 43.1 Å². The molecule has 0 saturated carbocycles. The molecule has 1 aromatic heterocycles. The van der Waals surface area contributed by atoms with E-state index in [0.717, 1.165) is 44.0 Å². The van der Waals surface area contributed by atoms with E-state index in [2.05, 4.69) is 21.3 Å². The number of aromatic nitrogens is 1. The third-order valence-electron chi connectivity index (χ3n) is 5.08. The maximum Gasteiger partial charge on any atom is 0.224 e. The summed E-state index contributed by atoms with van der Waals surface area (Å²) in [5.41, 5.74) is 1.19. The number of pyridine rings is 1. The largest absolute Gasteiger partial charge is 0.486 e. The summed E-state index contributed by atoms with van der Waals surface area (Å²) in [6.45, 7) is 3.57. The molecule has 1 saturated heterocycles. The number of ether oxygens (including phenoxy) is 2. The summed E-state index contributed by atoms with van der Waals surface area (Å²) in [6, 6.07) is 11.7. The fraction of sp³-hybridized carbons (Fsp3) is 0.429. The highest BCUT2D eigenvalue weighted by molar-refractivity contribution is 5.79. The van der Waals surface area contributed by atoms with Gasteiger partial charge in [0.2, 0.25) is 5.91 Å². The maximum absolute atomic E-state index is 12.6. The third kappa shape index (κ3) is 4.57. The van der Waals surface area contributed by atoms with E-state index in [1.807, 2.05) is 36.5 Å². The number of nitrogens with zero attached hydrogens (tertiary/aromatic N) is 2. The van der Waals surface area contributed by atoms with Crippen molar-refractivity contribution in [2.75, 3.05) is 26.2 Å². The fourth-order valence-corrected chi connectivity index (χ4v) is 3.69. The van der Waals surface area contributed by atoms with Crippen LogP contribution in [0.5, 0.6) is 11.5 Å². The number of hydrogen-bond donors (Lipinski definition) is 1. The minimum Gasteiger partial charge on any atom is -0.486 e. The molecular weight excluding hydrogens is 342 g/mol. The minimum atomic E-state index is -0.154. The molecule has 4 rings (SSSR count). The van der Waals surface area contributed by atoms with Gasteiger partial charge in [0.1, 0.15) is 12.7 Å². The highest BCUT2D eigenvalue weighted by Gasteiger charge is 2.27. The summed E-state index contributed by atoms with van der Waals surface area (Å²) in [4.78, 5) is 19.1. The van der Waals surface area contributed by atoms with E-state index in [4.69, 9.17) is 9.47 Å². The quantitative estimate of drug-likeness (QED) is 0.878. The van der Waals surface area contributed by atoms with Crippen molar-refractivity contribution in [1.82, 2.24) is 15.2 Å². The summed E-state index contributed by atoms with van der Waals surface area (Å²) >= 11 is 0. The van der Waals surface area contributed by atoms with Crippen LogP contribution in [0.15, 0.2) is 48.8 Å². The Kier molecular flexibility index (Phi) is 5.53. The monoisotopic (exact) mass is 367 g/mol. The van der Waals surface area contributed by atoms with Crippen LogP contribution in [0, 0.1) is 5.92 Å². The number of para-hydroxylation sites is 2. The lowest BCUT2D eigenvalue weighted by atomic mass is 9.96. The van der Waals surface area contributed by atoms with E-state index >= 15 is 0 Å². The van der Waals surface area contributed by atoms with Crippen LogP contribution in [0.2, 0.25) is 0 Å². The van der Waals surface area contributed by atoms with E-state index in [9.17, 15) is 4.79 Å². The van der Waals surface area contributed by atoms with E-state index in [0.29, 0.717) is 13.2 Å². The lowest BCUT2D eigenvalue weighted by Gasteiger charge is -2.32. The predicted octanol–water partition coefficient (Wildman–Crippen LogP) is 2.25. The van der Waals surface area contributed by atoms with Gasteiger partial charge in [0.05, 0.1) is 12.5 Å². The zero-order chi connectivity index (χ0) is 18.5. The number of fused-ring (bicyclic) bond motifs is 1. The van der Waals surface area contributed by atoms with Crippen LogP contribution in [-0.2, 0) is 11.3 Å². The van der Waals surface area contributed by atoms with Gasteiger partial charge in [0, 0.05) is 25.5 Å². The van der Waals surface area contributed by atoms with Crippen molar-refractivity contribution in [1.29, 1.82) is 0 Å². The minimum absolute atomic E-state index is 0.0206. The Hall–Kier alpha value is -2.60. The number of rotatable bonds is 5. The number of carbonyl (C=O) groups is 1. The average Bonchev–Trinajstić information content (AvgIpc) is 2.73. The molecule has 2 aromatic rings. The first kappa shape index (κ1) is 17.8. The number of amides is 1. The number of piperidine rings is 1. The van der Waals surface area contributed by atoms with Crippen molar-refractivity contribution in [2.45, 2.75) is 25.5 Å². The first-order chi connectivity index (χ1) is 13.3. The topological polar surface area (TPSA) is 63.7 Å². The Morgan fingerprint density at radius 3 is 2.96 bits per heavy atom. The van der Waals surface area contributed by atoms with Gasteiger partial charge < -0.3 is 14.8 Å². The van der Waals surface area contributed by atoms with E-state index in [-0.39, 0.29) is 17.9 Å². The molecule has 0 aliphatic carbocycles. The second-order valence-electron chi connectivity index (χ2n) is 7.18. The molecule has 27 heavy (non-hydrogen) atoms. The van der Waals surface area contributed by atoms with Crippen molar-refractivity contribution in [2.24, 2.45) is 5.92 Å². The zero-order valence-corrected chi connectivity index (χ0v) is 15.3. The number of benzene rings is 1. The second kappa shape index (κ2) is 8.39. The number of carbonyl (C=O) groups excluding carboxylic acids is 1. The number of likely N-dealkylation sites (tertiary alicyclic amines) is 1. The van der Waals surface area contributed by atoms with Crippen molar-refractivity contribution in [3.8, 4) is 11.5 Å². The highest BCUT2D eigenvalue weighted by Crippen LogP contribution is 2.30. The first-order valence-electron chi connectivity index (χ1n) is 9.55. The molecule has 2 aliphatic rings. The van der Waals surface area contributed by atoms with E-state index < -0.39 is 0 Å². The van der Waals surface area contributed by atoms with Gasteiger partial charge in [-0.3, -0.25) is 14.7 Å². The van der Waals surface area contributed by atoms with Gasteiger partial charge in [-0.15, -0.1) is 0 Å². The SMILES string of the molecule is O=C(NC[C@H]1COc2ccccc2O1)[C@@H]1CCCN(Cc2cccnc2)C1. The molecular formula is C21H25N3O3. The number of hydrogen-bond acceptors (Lipinski definition) is 5. The Morgan fingerprint density at radius 2 is 2.11 bits per heavy atom. The molecule has 2 aliphatic heterocycles. The van der Waals surface area contributed by atoms with Gasteiger partial charge >= 0.3 is 0 Å². The van der Waals surface area contributed by atoms with Crippen LogP contribution in [0.3, 0.4) is 0 Å². The van der Waals surface area contributed by atoms with Gasteiger partial charge in [-0.2, -0.15) is 0 Å². The van der Waals surface area contributed by atoms with E-state index in [1.165, 1.54) is 5.56 Å². The standard InChI is InChI=1S/C21H25N3O3/c25-21(23-12-18-15-26-19-7-1-2-8-20(19)27-18)17-6-4-10-24(14-17)13-16-5-3-9-22-11-16/h1-3,5,7-9,11,17-18H,4,6,10,12-15H2,(H,23,25)/t17-,18+/m1/s1. The van der Waals surface area contributed by atoms with Gasteiger partial charge in [-0.25, -0.2) is 0 Å². The van der Waals surface area contributed by atoms with E-state index in [1.54, 1.807) is 6.20 Å². The van der Waals surface area contributed by atoms with Gasteiger partial charge in [0.15, 0.2) is 11.5 Å². The Bertz CT molecular complexity index is 768. The smallest absolute Gasteiger partial charge is 0.224 e. The number of nitrogens with one attached hydrogen (secondary N) is 1. The molecule has 1 amide bonds. The molecule has 0 spiro atoms. The van der Waals surface area contributed by atoms with Crippen LogP contribution in [0.25, 0.3) is 0 Å². The van der Waals surface area contributed by atoms with Crippen molar-refractivity contribution < 1.29 is 14.3 Å². The molecule has 1 aromatic carbocycles. The van der Waals surface area contributed by atoms with Crippen molar-refractivity contribution in [3.63, 3.8) is 0 Å². The molecule has 1 fully saturated rings. The summed E-state index contributed by atoms with van der Waals surface area (Å²) < 4.78 is 11.6. The molecule has 2 atom stereocenters. The maximum atomic E-state index is 12.6.